The van der Waals surface area contributed by atoms with Crippen LogP contribution in [0.2, 0.25) is 0 Å². The second kappa shape index (κ2) is 6.60. The molecule has 0 amide bonds. The highest BCUT2D eigenvalue weighted by Gasteiger charge is 2.14. The topological polar surface area (TPSA) is 79.2 Å². The molecule has 0 bridgehead atoms. The molecule has 4 rings (SSSR count). The monoisotopic (exact) mass is 352 g/mol. The van der Waals surface area contributed by atoms with Crippen LogP contribution in [0.4, 0.5) is 5.82 Å². The molecule has 0 spiro atoms. The Hall–Kier alpha value is -2.80. The highest BCUT2D eigenvalue weighted by molar-refractivity contribution is 7.18. The number of aromatic hydroxyl groups is 1. The maximum atomic E-state index is 11.0. The summed E-state index contributed by atoms with van der Waals surface area (Å²) in [6.45, 7) is 2.14. The molecule has 0 unspecified atom stereocenters. The normalized spacial score (nSPS) is 14.0. The van der Waals surface area contributed by atoms with Gasteiger partial charge in [0.05, 0.1) is 22.3 Å². The molecule has 3 aromatic rings. The zero-order valence-electron chi connectivity index (χ0n) is 13.4. The highest BCUT2D eigenvalue weighted by Crippen LogP contribution is 2.32. The largest absolute Gasteiger partial charge is 0.506 e. The summed E-state index contributed by atoms with van der Waals surface area (Å²) in [7, 11) is 0. The molecule has 6 nitrogen and oxygen atoms in total. The summed E-state index contributed by atoms with van der Waals surface area (Å²) in [6, 6.07) is 5.63. The van der Waals surface area contributed by atoms with Gasteiger partial charge in [-0.1, -0.05) is 0 Å². The average Bonchev–Trinajstić information content (AvgIpc) is 3.34. The Bertz CT molecular complexity index is 902. The quantitative estimate of drug-likeness (QED) is 0.725. The van der Waals surface area contributed by atoms with Gasteiger partial charge in [0.25, 0.3) is 0 Å². The summed E-state index contributed by atoms with van der Waals surface area (Å²) in [4.78, 5) is 27.3. The van der Waals surface area contributed by atoms with Crippen molar-refractivity contribution < 1.29 is 9.90 Å². The van der Waals surface area contributed by atoms with Gasteiger partial charge in [0.2, 0.25) is 0 Å². The molecular formula is C18H16N4O2S. The lowest BCUT2D eigenvalue weighted by molar-refractivity contribution is 0.112. The second-order valence-electron chi connectivity index (χ2n) is 5.88. The number of hydrogen-bond donors (Lipinski definition) is 1. The van der Waals surface area contributed by atoms with Crippen LogP contribution >= 0.6 is 11.3 Å². The van der Waals surface area contributed by atoms with Crippen LogP contribution in [-0.4, -0.2) is 39.4 Å². The molecule has 4 heterocycles. The molecule has 0 radical (unpaired) electrons. The predicted octanol–water partition coefficient (Wildman–Crippen LogP) is 3.39. The smallest absolute Gasteiger partial charge is 0.153 e. The Kier molecular flexibility index (Phi) is 4.15. The van der Waals surface area contributed by atoms with Crippen molar-refractivity contribution >= 4 is 23.4 Å². The Morgan fingerprint density at radius 1 is 1.08 bits per heavy atom. The van der Waals surface area contributed by atoms with E-state index in [1.807, 2.05) is 18.3 Å². The Labute approximate surface area is 148 Å². The van der Waals surface area contributed by atoms with Crippen LogP contribution in [-0.2, 0) is 0 Å². The predicted molar refractivity (Wildman–Crippen MR) is 97.1 cm³/mol. The Balaban J connectivity index is 1.59. The number of pyridine rings is 2. The molecular weight excluding hydrogens is 336 g/mol. The van der Waals surface area contributed by atoms with Crippen LogP contribution in [0.25, 0.3) is 21.1 Å². The molecule has 0 aromatic carbocycles. The minimum atomic E-state index is -0.120. The van der Waals surface area contributed by atoms with Crippen molar-refractivity contribution in [3.63, 3.8) is 0 Å². The fourth-order valence-electron chi connectivity index (χ4n) is 2.86. The van der Waals surface area contributed by atoms with Gasteiger partial charge in [-0.2, -0.15) is 0 Å². The van der Waals surface area contributed by atoms with Crippen LogP contribution in [0.5, 0.6) is 5.75 Å². The summed E-state index contributed by atoms with van der Waals surface area (Å²) in [5.41, 5.74) is 1.79. The first kappa shape index (κ1) is 15.7. The van der Waals surface area contributed by atoms with Crippen LogP contribution in [0.15, 0.2) is 36.8 Å². The Morgan fingerprint density at radius 3 is 2.64 bits per heavy atom. The molecule has 0 aliphatic carbocycles. The van der Waals surface area contributed by atoms with Gasteiger partial charge < -0.3 is 10.0 Å². The lowest BCUT2D eigenvalue weighted by Crippen LogP contribution is -2.18. The van der Waals surface area contributed by atoms with Crippen LogP contribution in [0, 0.1) is 0 Å². The van der Waals surface area contributed by atoms with Crippen molar-refractivity contribution in [2.45, 2.75) is 12.8 Å². The second-order valence-corrected chi connectivity index (χ2v) is 6.91. The fourth-order valence-corrected chi connectivity index (χ4v) is 3.74. The van der Waals surface area contributed by atoms with E-state index in [-0.39, 0.29) is 11.3 Å². The van der Waals surface area contributed by atoms with Crippen molar-refractivity contribution in [1.29, 1.82) is 0 Å². The first-order valence-electron chi connectivity index (χ1n) is 8.06. The molecule has 1 aliphatic heterocycles. The van der Waals surface area contributed by atoms with Crippen LogP contribution in [0.1, 0.15) is 23.2 Å². The Morgan fingerprint density at radius 2 is 1.92 bits per heavy atom. The fraction of sp³-hybridized carbons (Fsp3) is 0.222. The summed E-state index contributed by atoms with van der Waals surface area (Å²) in [6.07, 6.45) is 7.91. The molecule has 0 saturated carbocycles. The third-order valence-corrected chi connectivity index (χ3v) is 5.29. The van der Waals surface area contributed by atoms with E-state index in [1.54, 1.807) is 12.3 Å². The number of hydrogen-bond acceptors (Lipinski definition) is 7. The van der Waals surface area contributed by atoms with Crippen molar-refractivity contribution in [3.05, 3.63) is 42.4 Å². The molecule has 0 atom stereocenters. The van der Waals surface area contributed by atoms with Gasteiger partial charge in [-0.25, -0.2) is 9.97 Å². The van der Waals surface area contributed by atoms with E-state index in [0.29, 0.717) is 12.0 Å². The minimum Gasteiger partial charge on any atom is -0.506 e. The standard InChI is InChI=1S/C18H16N4O2S/c23-11-13-7-14(19-9-15(13)24)16-10-21-18(25-16)12-3-4-17(20-8-12)22-5-1-2-6-22/h3-4,7-11,24H,1-2,5-6H2. The summed E-state index contributed by atoms with van der Waals surface area (Å²) in [5, 5.41) is 10.4. The van der Waals surface area contributed by atoms with Gasteiger partial charge in [0.15, 0.2) is 6.29 Å². The molecule has 7 heteroatoms. The maximum Gasteiger partial charge on any atom is 0.153 e. The molecule has 25 heavy (non-hydrogen) atoms. The SMILES string of the molecule is O=Cc1cc(-c2cnc(-c3ccc(N4CCCC4)nc3)s2)ncc1O. The van der Waals surface area contributed by atoms with Gasteiger partial charge in [-0.05, 0) is 31.0 Å². The van der Waals surface area contributed by atoms with Gasteiger partial charge in [-0.3, -0.25) is 9.78 Å². The lowest BCUT2D eigenvalue weighted by Gasteiger charge is -2.15. The highest BCUT2D eigenvalue weighted by atomic mass is 32.1. The molecule has 1 fully saturated rings. The number of thiazole rings is 1. The zero-order chi connectivity index (χ0) is 17.2. The van der Waals surface area contributed by atoms with Gasteiger partial charge in [0, 0.05) is 31.0 Å². The number of aromatic nitrogens is 3. The third-order valence-electron chi connectivity index (χ3n) is 4.22. The molecule has 1 aliphatic rings. The average molecular weight is 352 g/mol. The minimum absolute atomic E-state index is 0.120. The summed E-state index contributed by atoms with van der Waals surface area (Å²) < 4.78 is 0. The van der Waals surface area contributed by atoms with Gasteiger partial charge >= 0.3 is 0 Å². The summed E-state index contributed by atoms with van der Waals surface area (Å²) >= 11 is 1.48. The molecule has 1 saturated heterocycles. The van der Waals surface area contributed by atoms with Crippen molar-refractivity contribution in [1.82, 2.24) is 15.0 Å². The van der Waals surface area contributed by atoms with Crippen LogP contribution < -0.4 is 4.90 Å². The third kappa shape index (κ3) is 3.10. The number of rotatable bonds is 4. The number of carbonyl (C=O) groups is 1. The summed E-state index contributed by atoms with van der Waals surface area (Å²) in [5.74, 6) is 0.888. The zero-order valence-corrected chi connectivity index (χ0v) is 14.2. The molecule has 1 N–H and O–H groups in total. The number of anilines is 1. The number of aldehydes is 1. The van der Waals surface area contributed by atoms with E-state index in [1.165, 1.54) is 30.4 Å². The van der Waals surface area contributed by atoms with Crippen molar-refractivity contribution in [3.8, 4) is 26.9 Å². The number of carbonyl (C=O) groups excluding carboxylic acids is 1. The van der Waals surface area contributed by atoms with E-state index in [0.717, 1.165) is 34.4 Å². The number of nitrogens with zero attached hydrogens (tertiary/aromatic N) is 4. The van der Waals surface area contributed by atoms with Crippen molar-refractivity contribution in [2.75, 3.05) is 18.0 Å². The van der Waals surface area contributed by atoms with E-state index >= 15 is 0 Å². The van der Waals surface area contributed by atoms with E-state index in [2.05, 4.69) is 19.9 Å². The van der Waals surface area contributed by atoms with Crippen molar-refractivity contribution in [2.24, 2.45) is 0 Å². The maximum absolute atomic E-state index is 11.0. The lowest BCUT2D eigenvalue weighted by atomic mass is 10.2. The molecule has 3 aromatic heterocycles. The first-order valence-corrected chi connectivity index (χ1v) is 8.88. The van der Waals surface area contributed by atoms with E-state index in [4.69, 9.17) is 0 Å². The van der Waals surface area contributed by atoms with Crippen LogP contribution in [0.3, 0.4) is 0 Å². The van der Waals surface area contributed by atoms with Gasteiger partial charge in [-0.15, -0.1) is 11.3 Å². The van der Waals surface area contributed by atoms with E-state index < -0.39 is 0 Å². The van der Waals surface area contributed by atoms with E-state index in [9.17, 15) is 9.90 Å². The van der Waals surface area contributed by atoms with Gasteiger partial charge in [0.1, 0.15) is 16.6 Å². The first-order chi connectivity index (χ1) is 12.2. The molecule has 126 valence electrons.